The standard InChI is InChI=1S/C12H10BrNO5/c1-2-18-12(17)11(16)6-3-9-8(4-7(6)13)14-10(15)5-19-9/h3-4H,2,5H2,1H3,(H,14,15). The first-order chi connectivity index (χ1) is 9.02. The molecule has 0 unspecified atom stereocenters. The smallest absolute Gasteiger partial charge is 0.379 e. The molecule has 100 valence electrons. The second-order valence-corrected chi connectivity index (χ2v) is 4.57. The van der Waals surface area contributed by atoms with Gasteiger partial charge in [-0.05, 0) is 35.0 Å². The molecule has 1 aliphatic rings. The molecule has 2 rings (SSSR count). The molecule has 7 heteroatoms. The van der Waals surface area contributed by atoms with Crippen molar-refractivity contribution in [3.63, 3.8) is 0 Å². The fraction of sp³-hybridized carbons (Fsp3) is 0.250. The highest BCUT2D eigenvalue weighted by atomic mass is 79.9. The average molecular weight is 328 g/mol. The van der Waals surface area contributed by atoms with Crippen LogP contribution in [0.2, 0.25) is 0 Å². The lowest BCUT2D eigenvalue weighted by Gasteiger charge is -2.19. The Balaban J connectivity index is 2.35. The Morgan fingerprint density at radius 2 is 2.21 bits per heavy atom. The van der Waals surface area contributed by atoms with Crippen LogP contribution < -0.4 is 10.1 Å². The summed E-state index contributed by atoms with van der Waals surface area (Å²) in [6.07, 6.45) is 0. The van der Waals surface area contributed by atoms with Crippen molar-refractivity contribution in [2.75, 3.05) is 18.5 Å². The molecular weight excluding hydrogens is 318 g/mol. The summed E-state index contributed by atoms with van der Waals surface area (Å²) in [6.45, 7) is 1.62. The Hall–Kier alpha value is -1.89. The average Bonchev–Trinajstić information content (AvgIpc) is 2.37. The van der Waals surface area contributed by atoms with Gasteiger partial charge in [0, 0.05) is 10.0 Å². The number of ether oxygens (including phenoxy) is 2. The van der Waals surface area contributed by atoms with E-state index in [-0.39, 0.29) is 24.7 Å². The lowest BCUT2D eigenvalue weighted by molar-refractivity contribution is -0.137. The summed E-state index contributed by atoms with van der Waals surface area (Å²) in [5, 5.41) is 2.60. The Morgan fingerprint density at radius 1 is 1.47 bits per heavy atom. The van der Waals surface area contributed by atoms with Crippen LogP contribution >= 0.6 is 15.9 Å². The van der Waals surface area contributed by atoms with Gasteiger partial charge in [-0.15, -0.1) is 0 Å². The molecule has 0 saturated heterocycles. The molecule has 0 aromatic heterocycles. The van der Waals surface area contributed by atoms with Crippen LogP contribution in [0.25, 0.3) is 0 Å². The van der Waals surface area contributed by atoms with Gasteiger partial charge in [0.15, 0.2) is 6.61 Å². The van der Waals surface area contributed by atoms with Crippen molar-refractivity contribution in [1.29, 1.82) is 0 Å². The van der Waals surface area contributed by atoms with E-state index in [0.717, 1.165) is 0 Å². The van der Waals surface area contributed by atoms with Gasteiger partial charge in [0.2, 0.25) is 0 Å². The van der Waals surface area contributed by atoms with Crippen molar-refractivity contribution in [3.05, 3.63) is 22.2 Å². The van der Waals surface area contributed by atoms with Crippen molar-refractivity contribution < 1.29 is 23.9 Å². The molecule has 0 atom stereocenters. The van der Waals surface area contributed by atoms with Crippen LogP contribution in [-0.4, -0.2) is 30.9 Å². The predicted molar refractivity (Wildman–Crippen MR) is 69.2 cm³/mol. The maximum Gasteiger partial charge on any atom is 0.379 e. The number of halogens is 1. The zero-order valence-electron chi connectivity index (χ0n) is 9.99. The number of anilines is 1. The molecule has 0 aliphatic carbocycles. The monoisotopic (exact) mass is 327 g/mol. The first kappa shape index (κ1) is 13.5. The number of carbonyl (C=O) groups is 3. The lowest BCUT2D eigenvalue weighted by Crippen LogP contribution is -2.26. The van der Waals surface area contributed by atoms with E-state index in [9.17, 15) is 14.4 Å². The third-order valence-electron chi connectivity index (χ3n) is 2.41. The minimum Gasteiger partial charge on any atom is -0.482 e. The van der Waals surface area contributed by atoms with Gasteiger partial charge < -0.3 is 14.8 Å². The first-order valence-electron chi connectivity index (χ1n) is 5.50. The van der Waals surface area contributed by atoms with Crippen LogP contribution in [0.1, 0.15) is 17.3 Å². The fourth-order valence-corrected chi connectivity index (χ4v) is 2.10. The topological polar surface area (TPSA) is 81.7 Å². The number of esters is 1. The van der Waals surface area contributed by atoms with Crippen molar-refractivity contribution in [2.45, 2.75) is 6.92 Å². The largest absolute Gasteiger partial charge is 0.482 e. The van der Waals surface area contributed by atoms with E-state index in [2.05, 4.69) is 26.0 Å². The highest BCUT2D eigenvalue weighted by Crippen LogP contribution is 2.33. The van der Waals surface area contributed by atoms with Gasteiger partial charge in [-0.3, -0.25) is 9.59 Å². The van der Waals surface area contributed by atoms with Crippen LogP contribution in [0.5, 0.6) is 5.75 Å². The van der Waals surface area contributed by atoms with Gasteiger partial charge >= 0.3 is 5.97 Å². The van der Waals surface area contributed by atoms with Crippen LogP contribution in [0, 0.1) is 0 Å². The van der Waals surface area contributed by atoms with Gasteiger partial charge in [0.1, 0.15) is 5.75 Å². The number of hydrogen-bond acceptors (Lipinski definition) is 5. The van der Waals surface area contributed by atoms with Gasteiger partial charge in [0.05, 0.1) is 12.3 Å². The molecule has 1 aromatic carbocycles. The Morgan fingerprint density at radius 3 is 2.89 bits per heavy atom. The molecule has 19 heavy (non-hydrogen) atoms. The van der Waals surface area contributed by atoms with Crippen LogP contribution in [0.3, 0.4) is 0 Å². The van der Waals surface area contributed by atoms with E-state index in [1.165, 1.54) is 12.1 Å². The quantitative estimate of drug-likeness (QED) is 0.517. The summed E-state index contributed by atoms with van der Waals surface area (Å²) < 4.78 is 10.2. The zero-order chi connectivity index (χ0) is 14.0. The minimum absolute atomic E-state index is 0.123. The van der Waals surface area contributed by atoms with Crippen molar-refractivity contribution in [2.24, 2.45) is 0 Å². The van der Waals surface area contributed by atoms with Gasteiger partial charge in [0.25, 0.3) is 11.7 Å². The fourth-order valence-electron chi connectivity index (χ4n) is 1.58. The molecule has 0 radical (unpaired) electrons. The van der Waals surface area contributed by atoms with Crippen LogP contribution in [0.15, 0.2) is 16.6 Å². The normalized spacial score (nSPS) is 13.1. The number of benzene rings is 1. The molecule has 1 N–H and O–H groups in total. The van der Waals surface area contributed by atoms with Gasteiger partial charge in [-0.25, -0.2) is 4.79 Å². The number of carbonyl (C=O) groups excluding carboxylic acids is 3. The Bertz CT molecular complexity index is 569. The molecule has 0 spiro atoms. The van der Waals surface area contributed by atoms with E-state index in [1.54, 1.807) is 6.92 Å². The van der Waals surface area contributed by atoms with Crippen molar-refractivity contribution >= 4 is 39.3 Å². The SMILES string of the molecule is CCOC(=O)C(=O)c1cc2c(cc1Br)NC(=O)CO2. The first-order valence-corrected chi connectivity index (χ1v) is 6.30. The molecule has 1 amide bonds. The third-order valence-corrected chi connectivity index (χ3v) is 3.06. The molecule has 1 aromatic rings. The minimum atomic E-state index is -0.928. The number of hydrogen-bond donors (Lipinski definition) is 1. The predicted octanol–water partition coefficient (Wildman–Crippen LogP) is 1.53. The van der Waals surface area contributed by atoms with Crippen molar-refractivity contribution in [1.82, 2.24) is 0 Å². The molecule has 0 bridgehead atoms. The highest BCUT2D eigenvalue weighted by Gasteiger charge is 2.24. The summed E-state index contributed by atoms with van der Waals surface area (Å²) in [5.74, 6) is -1.63. The summed E-state index contributed by atoms with van der Waals surface area (Å²) in [6, 6.07) is 2.91. The molecule has 0 fully saturated rings. The van der Waals surface area contributed by atoms with Crippen LogP contribution in [-0.2, 0) is 14.3 Å². The maximum atomic E-state index is 11.9. The van der Waals surface area contributed by atoms with E-state index in [0.29, 0.717) is 15.9 Å². The number of ketones is 1. The molecule has 0 saturated carbocycles. The maximum absolute atomic E-state index is 11.9. The number of rotatable bonds is 3. The lowest BCUT2D eigenvalue weighted by atomic mass is 10.1. The Kier molecular flexibility index (Phi) is 3.84. The summed E-state index contributed by atoms with van der Waals surface area (Å²) >= 11 is 3.18. The Labute approximate surface area is 117 Å². The third kappa shape index (κ3) is 2.76. The van der Waals surface area contributed by atoms with Crippen molar-refractivity contribution in [3.8, 4) is 5.75 Å². The molecule has 1 aliphatic heterocycles. The molecular formula is C12H10BrNO5. The van der Waals surface area contributed by atoms with Gasteiger partial charge in [-0.1, -0.05) is 0 Å². The van der Waals surface area contributed by atoms with Gasteiger partial charge in [-0.2, -0.15) is 0 Å². The second-order valence-electron chi connectivity index (χ2n) is 3.71. The summed E-state index contributed by atoms with van der Waals surface area (Å²) in [4.78, 5) is 34.4. The van der Waals surface area contributed by atoms with E-state index in [1.807, 2.05) is 0 Å². The second kappa shape index (κ2) is 5.40. The molecule has 1 heterocycles. The van der Waals surface area contributed by atoms with E-state index in [4.69, 9.17) is 4.74 Å². The van der Waals surface area contributed by atoms with Crippen LogP contribution in [0.4, 0.5) is 5.69 Å². The van der Waals surface area contributed by atoms with E-state index < -0.39 is 11.8 Å². The van der Waals surface area contributed by atoms with E-state index >= 15 is 0 Å². The molecule has 6 nitrogen and oxygen atoms in total. The number of amides is 1. The summed E-state index contributed by atoms with van der Waals surface area (Å²) in [7, 11) is 0. The number of Topliss-reactive ketones (excluding diaryl/α,β-unsaturated/α-hetero) is 1. The number of nitrogens with one attached hydrogen (secondary N) is 1. The zero-order valence-corrected chi connectivity index (χ0v) is 11.6. The summed E-state index contributed by atoms with van der Waals surface area (Å²) in [5.41, 5.74) is 0.580. The number of fused-ring (bicyclic) bond motifs is 1. The highest BCUT2D eigenvalue weighted by molar-refractivity contribution is 9.10.